The molecule has 0 aromatic heterocycles. The van der Waals surface area contributed by atoms with Crippen molar-refractivity contribution in [3.05, 3.63) is 108 Å². The topological polar surface area (TPSA) is 166 Å². The smallest absolute Gasteiger partial charge is 0.404 e. The molecule has 0 bridgehead atoms. The zero-order chi connectivity index (χ0) is 30.3. The number of amides is 4. The third kappa shape index (κ3) is 10.4. The van der Waals surface area contributed by atoms with Crippen LogP contribution >= 0.6 is 0 Å². The summed E-state index contributed by atoms with van der Waals surface area (Å²) in [7, 11) is 1.52. The van der Waals surface area contributed by atoms with E-state index in [1.165, 1.54) is 7.11 Å². The van der Waals surface area contributed by atoms with Crippen LogP contribution in [0.25, 0.3) is 0 Å². The molecule has 3 aromatic carbocycles. The number of methoxy groups -OCH3 is 1. The summed E-state index contributed by atoms with van der Waals surface area (Å²) >= 11 is 0. The number of nitrogens with two attached hydrogens (primary N) is 1. The standard InChI is InChI=1S/C31H33N4O7/c1-41-24-14-12-22(13-15-24)19-26(34-27(36)16-17-42-31(32)40)29(38)35-25(18-21-8-4-2-5-9-21)28(37)30(39)33-20-23-10-6-3-7-11-23/h2-16,25-26H,17-20H2,1H3,(H2,32,40)(H,33,39)(H,34,36)(H,35,38)/t25-,26-/m0/s1. The fourth-order valence-electron chi connectivity index (χ4n) is 3.99. The summed E-state index contributed by atoms with van der Waals surface area (Å²) in [5.41, 5.74) is 7.15. The minimum Gasteiger partial charge on any atom is -0.497 e. The lowest BCUT2D eigenvalue weighted by Gasteiger charge is -2.23. The Morgan fingerprint density at radius 1 is 0.762 bits per heavy atom. The number of hydrogen-bond acceptors (Lipinski definition) is 7. The number of primary amides is 1. The van der Waals surface area contributed by atoms with Crippen LogP contribution in [-0.2, 0) is 43.3 Å². The van der Waals surface area contributed by atoms with Gasteiger partial charge in [0.15, 0.2) is 0 Å². The first-order chi connectivity index (χ1) is 20.2. The van der Waals surface area contributed by atoms with Gasteiger partial charge in [0.2, 0.25) is 17.6 Å². The number of benzene rings is 3. The van der Waals surface area contributed by atoms with Crippen molar-refractivity contribution < 1.29 is 33.4 Å². The molecule has 4 amide bonds. The van der Waals surface area contributed by atoms with Crippen molar-refractivity contribution in [3.63, 3.8) is 0 Å². The second-order valence-electron chi connectivity index (χ2n) is 9.23. The first kappa shape index (κ1) is 31.3. The van der Waals surface area contributed by atoms with Crippen molar-refractivity contribution in [1.82, 2.24) is 16.0 Å². The second kappa shape index (κ2) is 16.2. The van der Waals surface area contributed by atoms with Gasteiger partial charge in [-0.3, -0.25) is 19.2 Å². The van der Waals surface area contributed by atoms with Gasteiger partial charge >= 0.3 is 6.09 Å². The van der Waals surface area contributed by atoms with E-state index in [0.29, 0.717) is 11.3 Å². The van der Waals surface area contributed by atoms with Gasteiger partial charge in [0.05, 0.1) is 13.5 Å². The van der Waals surface area contributed by atoms with Crippen LogP contribution in [0.15, 0.2) is 84.9 Å². The van der Waals surface area contributed by atoms with E-state index in [2.05, 4.69) is 20.7 Å². The Hall–Kier alpha value is -5.19. The van der Waals surface area contributed by atoms with E-state index >= 15 is 0 Å². The van der Waals surface area contributed by atoms with Crippen molar-refractivity contribution in [2.24, 2.45) is 5.73 Å². The Morgan fingerprint density at radius 3 is 1.93 bits per heavy atom. The Kier molecular flexibility index (Phi) is 12.1. The van der Waals surface area contributed by atoms with E-state index in [0.717, 1.165) is 17.5 Å². The molecule has 3 aromatic rings. The molecule has 0 spiro atoms. The van der Waals surface area contributed by atoms with Gasteiger partial charge in [-0.25, -0.2) is 4.79 Å². The molecule has 11 heteroatoms. The fraction of sp³-hybridized carbons (Fsp3) is 0.226. The van der Waals surface area contributed by atoms with Gasteiger partial charge in [0, 0.05) is 19.4 Å². The van der Waals surface area contributed by atoms with E-state index in [1.54, 1.807) is 48.5 Å². The third-order valence-corrected chi connectivity index (χ3v) is 6.16. The van der Waals surface area contributed by atoms with E-state index in [9.17, 15) is 24.0 Å². The summed E-state index contributed by atoms with van der Waals surface area (Å²) in [5, 5.41) is 7.83. The van der Waals surface area contributed by atoms with Crippen molar-refractivity contribution in [2.75, 3.05) is 13.7 Å². The van der Waals surface area contributed by atoms with Crippen LogP contribution in [0.2, 0.25) is 0 Å². The minimum absolute atomic E-state index is 0.0476. The van der Waals surface area contributed by atoms with Gasteiger partial charge in [-0.1, -0.05) is 72.8 Å². The highest BCUT2D eigenvalue weighted by atomic mass is 16.5. The lowest BCUT2D eigenvalue weighted by molar-refractivity contribution is -0.140. The van der Waals surface area contributed by atoms with Crippen molar-refractivity contribution in [1.29, 1.82) is 0 Å². The molecule has 3 rings (SSSR count). The summed E-state index contributed by atoms with van der Waals surface area (Å²) in [5.74, 6) is -2.47. The van der Waals surface area contributed by atoms with E-state index in [4.69, 9.17) is 10.5 Å². The summed E-state index contributed by atoms with van der Waals surface area (Å²) in [4.78, 5) is 63.1. The van der Waals surface area contributed by atoms with E-state index in [1.807, 2.05) is 36.4 Å². The number of carbonyl (C=O) groups excluding carboxylic acids is 5. The van der Waals surface area contributed by atoms with Crippen LogP contribution < -0.4 is 26.4 Å². The van der Waals surface area contributed by atoms with Gasteiger partial charge < -0.3 is 31.2 Å². The normalized spacial score (nSPS) is 11.8. The molecule has 0 fully saturated rings. The highest BCUT2D eigenvalue weighted by molar-refractivity contribution is 6.38. The van der Waals surface area contributed by atoms with Gasteiger partial charge in [0.25, 0.3) is 5.91 Å². The Balaban J connectivity index is 1.78. The van der Waals surface area contributed by atoms with Crippen molar-refractivity contribution >= 4 is 29.6 Å². The van der Waals surface area contributed by atoms with Crippen LogP contribution in [-0.4, -0.2) is 55.4 Å². The molecule has 0 aliphatic rings. The molecule has 0 aliphatic carbocycles. The van der Waals surface area contributed by atoms with E-state index in [-0.39, 0.29) is 19.4 Å². The summed E-state index contributed by atoms with van der Waals surface area (Å²) in [6.45, 7) is -0.258. The average Bonchev–Trinajstić information content (AvgIpc) is 3.00. The van der Waals surface area contributed by atoms with Crippen LogP contribution in [0.1, 0.15) is 16.7 Å². The zero-order valence-electron chi connectivity index (χ0n) is 23.1. The molecule has 0 saturated carbocycles. The van der Waals surface area contributed by atoms with Crippen LogP contribution in [0, 0.1) is 6.42 Å². The predicted octanol–water partition coefficient (Wildman–Crippen LogP) is 1.64. The number of nitrogens with one attached hydrogen (secondary N) is 3. The number of Topliss-reactive ketones (excluding diaryl/α,β-unsaturated/α-hetero) is 1. The monoisotopic (exact) mass is 573 g/mol. The summed E-state index contributed by atoms with van der Waals surface area (Å²) < 4.78 is 9.74. The van der Waals surface area contributed by atoms with Gasteiger partial charge in [-0.05, 0) is 28.8 Å². The SMILES string of the molecule is COc1ccc(C[C@H](NC(=O)[CH]COC(N)=O)C(=O)N[C@@H](Cc2ccccc2)C(=O)C(=O)NCc2ccccc2)cc1. The zero-order valence-corrected chi connectivity index (χ0v) is 23.1. The minimum atomic E-state index is -1.21. The molecular formula is C31H33N4O7. The number of ketones is 1. The molecule has 5 N–H and O–H groups in total. The second-order valence-corrected chi connectivity index (χ2v) is 9.23. The number of ether oxygens (including phenoxy) is 2. The molecule has 219 valence electrons. The lowest BCUT2D eigenvalue weighted by Crippen LogP contribution is -2.55. The quantitative estimate of drug-likeness (QED) is 0.201. The Morgan fingerprint density at radius 2 is 1.33 bits per heavy atom. The first-order valence-electron chi connectivity index (χ1n) is 13.1. The van der Waals surface area contributed by atoms with Crippen LogP contribution in [0.4, 0.5) is 4.79 Å². The maximum atomic E-state index is 13.5. The van der Waals surface area contributed by atoms with Crippen molar-refractivity contribution in [2.45, 2.75) is 31.5 Å². The first-order valence-corrected chi connectivity index (χ1v) is 13.1. The van der Waals surface area contributed by atoms with Crippen LogP contribution in [0.5, 0.6) is 5.75 Å². The van der Waals surface area contributed by atoms with Gasteiger partial charge in [-0.15, -0.1) is 0 Å². The van der Waals surface area contributed by atoms with Crippen molar-refractivity contribution in [3.8, 4) is 5.75 Å². The Labute approximate surface area is 243 Å². The molecule has 11 nitrogen and oxygen atoms in total. The summed E-state index contributed by atoms with van der Waals surface area (Å²) in [6.07, 6.45) is 0.0621. The summed E-state index contributed by atoms with van der Waals surface area (Å²) in [6, 6.07) is 22.5. The molecule has 42 heavy (non-hydrogen) atoms. The highest BCUT2D eigenvalue weighted by Crippen LogP contribution is 2.13. The maximum absolute atomic E-state index is 13.5. The largest absolute Gasteiger partial charge is 0.497 e. The molecule has 0 saturated heterocycles. The molecule has 0 heterocycles. The van der Waals surface area contributed by atoms with Gasteiger partial charge in [-0.2, -0.15) is 0 Å². The number of hydrogen-bond donors (Lipinski definition) is 4. The lowest BCUT2D eigenvalue weighted by atomic mass is 9.99. The molecule has 0 unspecified atom stereocenters. The molecule has 1 radical (unpaired) electrons. The molecule has 0 aliphatic heterocycles. The molecule has 2 atom stereocenters. The number of rotatable bonds is 15. The fourth-order valence-corrected chi connectivity index (χ4v) is 3.99. The maximum Gasteiger partial charge on any atom is 0.404 e. The highest BCUT2D eigenvalue weighted by Gasteiger charge is 2.30. The number of carbonyl (C=O) groups is 5. The average molecular weight is 574 g/mol. The molecular weight excluding hydrogens is 540 g/mol. The predicted molar refractivity (Wildman–Crippen MR) is 154 cm³/mol. The third-order valence-electron chi connectivity index (χ3n) is 6.16. The Bertz CT molecular complexity index is 1350. The van der Waals surface area contributed by atoms with Gasteiger partial charge in [0.1, 0.15) is 24.4 Å². The van der Waals surface area contributed by atoms with Crippen LogP contribution in [0.3, 0.4) is 0 Å². The van der Waals surface area contributed by atoms with E-state index < -0.39 is 48.3 Å².